The standard InChI is InChI=1S/C20H21BrN2O2/c1-3-19(24)23-11-10-14-12-15(8-9-18(14)23)20(25)22-13(2)16-6-4-5-7-17(16)21/h4-9,12-13H,3,10-11H2,1-2H3,(H,22,25)/t13-/m1/s1. The average molecular weight is 401 g/mol. The number of anilines is 1. The number of hydrogen-bond donors (Lipinski definition) is 1. The molecule has 1 heterocycles. The highest BCUT2D eigenvalue weighted by Crippen LogP contribution is 2.30. The second-order valence-electron chi connectivity index (χ2n) is 6.21. The Morgan fingerprint density at radius 1 is 1.24 bits per heavy atom. The lowest BCUT2D eigenvalue weighted by Gasteiger charge is -2.18. The molecule has 25 heavy (non-hydrogen) atoms. The quantitative estimate of drug-likeness (QED) is 0.833. The lowest BCUT2D eigenvalue weighted by Crippen LogP contribution is -2.28. The fourth-order valence-corrected chi connectivity index (χ4v) is 3.81. The van der Waals surface area contributed by atoms with Gasteiger partial charge in [-0.15, -0.1) is 0 Å². The lowest BCUT2D eigenvalue weighted by molar-refractivity contribution is -0.118. The minimum Gasteiger partial charge on any atom is -0.345 e. The third-order valence-electron chi connectivity index (χ3n) is 4.56. The van der Waals surface area contributed by atoms with Gasteiger partial charge in [0.2, 0.25) is 5.91 Å². The summed E-state index contributed by atoms with van der Waals surface area (Å²) in [7, 11) is 0. The van der Waals surface area contributed by atoms with Gasteiger partial charge in [-0.2, -0.15) is 0 Å². The molecule has 0 aliphatic carbocycles. The van der Waals surface area contributed by atoms with Crippen molar-refractivity contribution in [1.29, 1.82) is 0 Å². The molecule has 0 spiro atoms. The predicted octanol–water partition coefficient (Wildman–Crippen LogP) is 4.24. The molecule has 0 fully saturated rings. The van der Waals surface area contributed by atoms with Gasteiger partial charge in [0.15, 0.2) is 0 Å². The number of carbonyl (C=O) groups excluding carboxylic acids is 2. The minimum absolute atomic E-state index is 0.102. The Balaban J connectivity index is 1.76. The third kappa shape index (κ3) is 3.61. The molecule has 1 N–H and O–H groups in total. The Labute approximate surface area is 156 Å². The Hall–Kier alpha value is -2.14. The number of amides is 2. The van der Waals surface area contributed by atoms with Crippen LogP contribution in [0.5, 0.6) is 0 Å². The predicted molar refractivity (Wildman–Crippen MR) is 103 cm³/mol. The fourth-order valence-electron chi connectivity index (χ4n) is 3.18. The molecule has 3 rings (SSSR count). The molecule has 0 saturated carbocycles. The first-order valence-corrected chi connectivity index (χ1v) is 9.29. The highest BCUT2D eigenvalue weighted by atomic mass is 79.9. The highest BCUT2D eigenvalue weighted by Gasteiger charge is 2.24. The summed E-state index contributed by atoms with van der Waals surface area (Å²) in [5.74, 6) is 0.0184. The summed E-state index contributed by atoms with van der Waals surface area (Å²) >= 11 is 3.52. The van der Waals surface area contributed by atoms with Crippen LogP contribution in [0.3, 0.4) is 0 Å². The largest absolute Gasteiger partial charge is 0.345 e. The van der Waals surface area contributed by atoms with Crippen LogP contribution in [0.25, 0.3) is 0 Å². The maximum Gasteiger partial charge on any atom is 0.251 e. The van der Waals surface area contributed by atoms with Gasteiger partial charge in [-0.05, 0) is 48.7 Å². The van der Waals surface area contributed by atoms with Gasteiger partial charge < -0.3 is 10.2 Å². The van der Waals surface area contributed by atoms with Crippen molar-refractivity contribution in [1.82, 2.24) is 5.32 Å². The van der Waals surface area contributed by atoms with E-state index in [4.69, 9.17) is 0 Å². The van der Waals surface area contributed by atoms with Crippen LogP contribution < -0.4 is 10.2 Å². The Morgan fingerprint density at radius 2 is 2.00 bits per heavy atom. The number of carbonyl (C=O) groups is 2. The molecule has 0 bridgehead atoms. The molecule has 0 radical (unpaired) electrons. The Morgan fingerprint density at radius 3 is 2.72 bits per heavy atom. The van der Waals surface area contributed by atoms with Crippen LogP contribution in [0.15, 0.2) is 46.9 Å². The molecule has 0 unspecified atom stereocenters. The van der Waals surface area contributed by atoms with Crippen LogP contribution >= 0.6 is 15.9 Å². The van der Waals surface area contributed by atoms with Gasteiger partial charge in [-0.3, -0.25) is 9.59 Å². The molecule has 0 saturated heterocycles. The maximum atomic E-state index is 12.6. The summed E-state index contributed by atoms with van der Waals surface area (Å²) in [6.45, 7) is 4.53. The number of hydrogen-bond acceptors (Lipinski definition) is 2. The maximum absolute atomic E-state index is 12.6. The number of rotatable bonds is 4. The van der Waals surface area contributed by atoms with Crippen LogP contribution in [0.2, 0.25) is 0 Å². The first kappa shape index (κ1) is 17.7. The molecular formula is C20H21BrN2O2. The molecule has 2 aromatic carbocycles. The van der Waals surface area contributed by atoms with Gasteiger partial charge in [0.25, 0.3) is 5.91 Å². The van der Waals surface area contributed by atoms with E-state index < -0.39 is 0 Å². The Bertz CT molecular complexity index is 819. The molecular weight excluding hydrogens is 380 g/mol. The van der Waals surface area contributed by atoms with Crippen molar-refractivity contribution in [3.63, 3.8) is 0 Å². The third-order valence-corrected chi connectivity index (χ3v) is 5.28. The molecule has 4 nitrogen and oxygen atoms in total. The van der Waals surface area contributed by atoms with Crippen LogP contribution in [0.4, 0.5) is 5.69 Å². The van der Waals surface area contributed by atoms with E-state index in [1.807, 2.05) is 50.2 Å². The summed E-state index contributed by atoms with van der Waals surface area (Å²) in [5, 5.41) is 3.04. The van der Waals surface area contributed by atoms with E-state index in [0.717, 1.165) is 27.7 Å². The van der Waals surface area contributed by atoms with Crippen molar-refractivity contribution in [3.05, 3.63) is 63.6 Å². The van der Waals surface area contributed by atoms with E-state index in [2.05, 4.69) is 21.2 Å². The zero-order chi connectivity index (χ0) is 18.0. The van der Waals surface area contributed by atoms with E-state index in [-0.39, 0.29) is 17.9 Å². The summed E-state index contributed by atoms with van der Waals surface area (Å²) < 4.78 is 0.977. The van der Waals surface area contributed by atoms with Crippen LogP contribution in [-0.4, -0.2) is 18.4 Å². The highest BCUT2D eigenvalue weighted by molar-refractivity contribution is 9.10. The van der Waals surface area contributed by atoms with Gasteiger partial charge in [-0.1, -0.05) is 41.1 Å². The van der Waals surface area contributed by atoms with Gasteiger partial charge >= 0.3 is 0 Å². The molecule has 2 amide bonds. The van der Waals surface area contributed by atoms with E-state index in [0.29, 0.717) is 18.5 Å². The van der Waals surface area contributed by atoms with Crippen molar-refractivity contribution in [3.8, 4) is 0 Å². The van der Waals surface area contributed by atoms with Gasteiger partial charge in [0.05, 0.1) is 6.04 Å². The topological polar surface area (TPSA) is 49.4 Å². The van der Waals surface area contributed by atoms with Gasteiger partial charge in [0.1, 0.15) is 0 Å². The number of halogens is 1. The molecule has 5 heteroatoms. The second-order valence-corrected chi connectivity index (χ2v) is 7.06. The molecule has 1 atom stereocenters. The van der Waals surface area contributed by atoms with Crippen molar-refractivity contribution in [2.24, 2.45) is 0 Å². The average Bonchev–Trinajstić information content (AvgIpc) is 3.04. The first-order valence-electron chi connectivity index (χ1n) is 8.49. The monoisotopic (exact) mass is 400 g/mol. The van der Waals surface area contributed by atoms with E-state index in [9.17, 15) is 9.59 Å². The summed E-state index contributed by atoms with van der Waals surface area (Å²) in [6, 6.07) is 13.3. The molecule has 2 aromatic rings. The van der Waals surface area contributed by atoms with E-state index in [1.165, 1.54) is 0 Å². The van der Waals surface area contributed by atoms with Crippen molar-refractivity contribution in [2.75, 3.05) is 11.4 Å². The summed E-state index contributed by atoms with van der Waals surface area (Å²) in [4.78, 5) is 26.4. The van der Waals surface area contributed by atoms with Crippen LogP contribution in [-0.2, 0) is 11.2 Å². The number of nitrogens with one attached hydrogen (secondary N) is 1. The van der Waals surface area contributed by atoms with Crippen LogP contribution in [0, 0.1) is 0 Å². The summed E-state index contributed by atoms with van der Waals surface area (Å²) in [6.07, 6.45) is 1.28. The smallest absolute Gasteiger partial charge is 0.251 e. The second kappa shape index (κ2) is 7.40. The zero-order valence-corrected chi connectivity index (χ0v) is 16.0. The van der Waals surface area contributed by atoms with E-state index >= 15 is 0 Å². The number of benzene rings is 2. The van der Waals surface area contributed by atoms with Crippen molar-refractivity contribution >= 4 is 33.4 Å². The first-order chi connectivity index (χ1) is 12.0. The molecule has 130 valence electrons. The fraction of sp³-hybridized carbons (Fsp3) is 0.300. The van der Waals surface area contributed by atoms with E-state index in [1.54, 1.807) is 11.0 Å². The minimum atomic E-state index is -0.105. The van der Waals surface area contributed by atoms with Crippen molar-refractivity contribution < 1.29 is 9.59 Å². The molecule has 1 aliphatic rings. The molecule has 1 aliphatic heterocycles. The van der Waals surface area contributed by atoms with Crippen molar-refractivity contribution in [2.45, 2.75) is 32.7 Å². The molecule has 0 aromatic heterocycles. The van der Waals surface area contributed by atoms with Gasteiger partial charge in [-0.25, -0.2) is 0 Å². The lowest BCUT2D eigenvalue weighted by atomic mass is 10.1. The summed E-state index contributed by atoms with van der Waals surface area (Å²) in [5.41, 5.74) is 3.66. The Kier molecular flexibility index (Phi) is 5.23. The SMILES string of the molecule is CCC(=O)N1CCc2cc(C(=O)N[C@H](C)c3ccccc3Br)ccc21. The van der Waals surface area contributed by atoms with Gasteiger partial charge in [0, 0.05) is 28.7 Å². The zero-order valence-electron chi connectivity index (χ0n) is 14.4. The normalized spacial score (nSPS) is 14.1. The number of nitrogens with zero attached hydrogens (tertiary/aromatic N) is 1. The van der Waals surface area contributed by atoms with Crippen LogP contribution in [0.1, 0.15) is 47.8 Å². The number of fused-ring (bicyclic) bond motifs is 1.